The first-order valence-electron chi connectivity index (χ1n) is 7.14. The normalized spacial score (nSPS) is 18.1. The molecule has 4 nitrogen and oxygen atoms in total. The number of rotatable bonds is 5. The summed E-state index contributed by atoms with van der Waals surface area (Å²) in [6.45, 7) is 7.63. The Hall–Kier alpha value is -1.06. The molecule has 19 heavy (non-hydrogen) atoms. The molecule has 0 aromatic rings. The number of carbonyl (C=O) groups is 2. The first-order valence-corrected chi connectivity index (χ1v) is 7.14. The van der Waals surface area contributed by atoms with Crippen molar-refractivity contribution in [2.24, 2.45) is 5.41 Å². The molecule has 0 aliphatic heterocycles. The third-order valence-electron chi connectivity index (χ3n) is 3.52. The quantitative estimate of drug-likeness (QED) is 0.720. The molecule has 1 rings (SSSR count). The van der Waals surface area contributed by atoms with Crippen LogP contribution in [-0.4, -0.2) is 24.1 Å². The van der Waals surface area contributed by atoms with E-state index in [4.69, 9.17) is 9.47 Å². The molecule has 1 fully saturated rings. The Morgan fingerprint density at radius 1 is 1.11 bits per heavy atom. The van der Waals surface area contributed by atoms with Gasteiger partial charge in [-0.05, 0) is 37.5 Å². The van der Waals surface area contributed by atoms with Crippen molar-refractivity contribution in [2.75, 3.05) is 6.61 Å². The average Bonchev–Trinajstić information content (AvgIpc) is 2.73. The van der Waals surface area contributed by atoms with E-state index in [0.717, 1.165) is 32.1 Å². The van der Waals surface area contributed by atoms with E-state index in [2.05, 4.69) is 0 Å². The maximum atomic E-state index is 11.7. The van der Waals surface area contributed by atoms with E-state index in [9.17, 15) is 9.59 Å². The second-order valence-corrected chi connectivity index (χ2v) is 6.62. The average molecular weight is 270 g/mol. The summed E-state index contributed by atoms with van der Waals surface area (Å²) in [5, 5.41) is 0. The lowest BCUT2D eigenvalue weighted by molar-refractivity contribution is -0.170. The van der Waals surface area contributed by atoms with Crippen molar-refractivity contribution in [2.45, 2.75) is 71.8 Å². The Balaban J connectivity index is 2.33. The van der Waals surface area contributed by atoms with Crippen LogP contribution in [0.15, 0.2) is 0 Å². The van der Waals surface area contributed by atoms with Crippen LogP contribution in [0.3, 0.4) is 0 Å². The molecule has 0 unspecified atom stereocenters. The highest BCUT2D eigenvalue weighted by atomic mass is 16.6. The van der Waals surface area contributed by atoms with Gasteiger partial charge in [0.15, 0.2) is 6.61 Å². The molecule has 0 saturated heterocycles. The van der Waals surface area contributed by atoms with E-state index in [1.807, 2.05) is 27.7 Å². The monoisotopic (exact) mass is 270 g/mol. The summed E-state index contributed by atoms with van der Waals surface area (Å²) in [5.74, 6) is -0.771. The van der Waals surface area contributed by atoms with Crippen LogP contribution in [0, 0.1) is 5.41 Å². The first kappa shape index (κ1) is 16.0. The van der Waals surface area contributed by atoms with Crippen LogP contribution in [0.2, 0.25) is 0 Å². The van der Waals surface area contributed by atoms with E-state index in [0.29, 0.717) is 6.42 Å². The molecule has 1 aliphatic rings. The lowest BCUT2D eigenvalue weighted by Gasteiger charge is -2.27. The predicted octanol–water partition coefficient (Wildman–Crippen LogP) is 3.23. The van der Waals surface area contributed by atoms with Gasteiger partial charge in [-0.3, -0.25) is 4.79 Å². The van der Waals surface area contributed by atoms with E-state index in [1.54, 1.807) is 0 Å². The number of hydrogen-bond acceptors (Lipinski definition) is 4. The van der Waals surface area contributed by atoms with Crippen LogP contribution in [0.25, 0.3) is 0 Å². The van der Waals surface area contributed by atoms with Gasteiger partial charge in [-0.1, -0.05) is 27.7 Å². The van der Waals surface area contributed by atoms with E-state index in [1.165, 1.54) is 0 Å². The van der Waals surface area contributed by atoms with Crippen LogP contribution < -0.4 is 0 Å². The van der Waals surface area contributed by atoms with E-state index in [-0.39, 0.29) is 23.6 Å². The van der Waals surface area contributed by atoms with Crippen LogP contribution in [0.4, 0.5) is 0 Å². The van der Waals surface area contributed by atoms with Gasteiger partial charge >= 0.3 is 11.9 Å². The van der Waals surface area contributed by atoms with Crippen LogP contribution >= 0.6 is 0 Å². The minimum atomic E-state index is -0.425. The Bertz CT molecular complexity index is 322. The third-order valence-corrected chi connectivity index (χ3v) is 3.52. The summed E-state index contributed by atoms with van der Waals surface area (Å²) >= 11 is 0. The largest absolute Gasteiger partial charge is 0.457 e. The summed E-state index contributed by atoms with van der Waals surface area (Å²) in [5.41, 5.74) is -0.440. The number of hydrogen-bond donors (Lipinski definition) is 0. The molecule has 1 saturated carbocycles. The molecule has 0 radical (unpaired) electrons. The van der Waals surface area contributed by atoms with Crippen LogP contribution in [0.5, 0.6) is 0 Å². The summed E-state index contributed by atoms with van der Waals surface area (Å²) in [4.78, 5) is 23.3. The van der Waals surface area contributed by atoms with Gasteiger partial charge in [-0.2, -0.15) is 0 Å². The second-order valence-electron chi connectivity index (χ2n) is 6.62. The minimum absolute atomic E-state index is 0.128. The molecule has 0 amide bonds. The van der Waals surface area contributed by atoms with Crippen molar-refractivity contribution >= 4 is 11.9 Å². The highest BCUT2D eigenvalue weighted by Gasteiger charge is 2.36. The van der Waals surface area contributed by atoms with Gasteiger partial charge in [0.05, 0.1) is 6.42 Å². The lowest BCUT2D eigenvalue weighted by Crippen LogP contribution is -2.33. The van der Waals surface area contributed by atoms with Crippen LogP contribution in [-0.2, 0) is 19.1 Å². The zero-order valence-electron chi connectivity index (χ0n) is 12.6. The van der Waals surface area contributed by atoms with E-state index >= 15 is 0 Å². The summed E-state index contributed by atoms with van der Waals surface area (Å²) in [7, 11) is 0. The van der Waals surface area contributed by atoms with Gasteiger partial charge in [0, 0.05) is 0 Å². The standard InChI is InChI=1S/C15H26O4/c1-5-15(8-6-7-9-15)19-13(17)11-18-12(16)10-14(2,3)4/h5-11H2,1-4H3. The molecule has 110 valence electrons. The van der Waals surface area contributed by atoms with Crippen molar-refractivity contribution in [3.8, 4) is 0 Å². The van der Waals surface area contributed by atoms with Crippen molar-refractivity contribution in [1.82, 2.24) is 0 Å². The predicted molar refractivity (Wildman–Crippen MR) is 72.6 cm³/mol. The maximum Gasteiger partial charge on any atom is 0.344 e. The molecule has 0 aromatic heterocycles. The molecular formula is C15H26O4. The fraction of sp³-hybridized carbons (Fsp3) is 0.867. The molecule has 0 heterocycles. The molecule has 0 atom stereocenters. The zero-order chi connectivity index (χ0) is 14.5. The Labute approximate surface area is 115 Å². The van der Waals surface area contributed by atoms with Gasteiger partial charge < -0.3 is 9.47 Å². The van der Waals surface area contributed by atoms with Crippen molar-refractivity contribution in [3.63, 3.8) is 0 Å². The molecule has 0 aromatic carbocycles. The lowest BCUT2D eigenvalue weighted by atomic mass is 9.92. The molecule has 0 spiro atoms. The molecule has 1 aliphatic carbocycles. The minimum Gasteiger partial charge on any atom is -0.457 e. The van der Waals surface area contributed by atoms with Crippen molar-refractivity contribution in [1.29, 1.82) is 0 Å². The van der Waals surface area contributed by atoms with Gasteiger partial charge in [0.25, 0.3) is 0 Å². The third kappa shape index (κ3) is 5.62. The SMILES string of the molecule is CCC1(OC(=O)COC(=O)CC(C)(C)C)CCCC1. The Kier molecular flexibility index (Phi) is 5.39. The summed E-state index contributed by atoms with van der Waals surface area (Å²) in [6, 6.07) is 0. The fourth-order valence-electron chi connectivity index (χ4n) is 2.44. The molecular weight excluding hydrogens is 244 g/mol. The Morgan fingerprint density at radius 3 is 2.16 bits per heavy atom. The summed E-state index contributed by atoms with van der Waals surface area (Å²) in [6.07, 6.45) is 5.18. The highest BCUT2D eigenvalue weighted by molar-refractivity contribution is 5.77. The Morgan fingerprint density at radius 2 is 1.68 bits per heavy atom. The number of esters is 2. The zero-order valence-corrected chi connectivity index (χ0v) is 12.6. The topological polar surface area (TPSA) is 52.6 Å². The first-order chi connectivity index (χ1) is 8.76. The smallest absolute Gasteiger partial charge is 0.344 e. The van der Waals surface area contributed by atoms with Crippen molar-refractivity contribution in [3.05, 3.63) is 0 Å². The number of carbonyl (C=O) groups excluding carboxylic acids is 2. The van der Waals surface area contributed by atoms with Gasteiger partial charge in [0.2, 0.25) is 0 Å². The van der Waals surface area contributed by atoms with Crippen molar-refractivity contribution < 1.29 is 19.1 Å². The molecule has 4 heteroatoms. The second kappa shape index (κ2) is 6.40. The fourth-order valence-corrected chi connectivity index (χ4v) is 2.44. The van der Waals surface area contributed by atoms with Gasteiger partial charge in [0.1, 0.15) is 5.60 Å². The maximum absolute atomic E-state index is 11.7. The molecule has 0 bridgehead atoms. The summed E-state index contributed by atoms with van der Waals surface area (Å²) < 4.78 is 10.5. The molecule has 0 N–H and O–H groups in total. The highest BCUT2D eigenvalue weighted by Crippen LogP contribution is 2.35. The van der Waals surface area contributed by atoms with Gasteiger partial charge in [-0.25, -0.2) is 4.79 Å². The van der Waals surface area contributed by atoms with Gasteiger partial charge in [-0.15, -0.1) is 0 Å². The number of ether oxygens (including phenoxy) is 2. The van der Waals surface area contributed by atoms with E-state index < -0.39 is 5.97 Å². The van der Waals surface area contributed by atoms with Crippen LogP contribution in [0.1, 0.15) is 66.2 Å².